The standard InChI is InChI=1S/C18H38N6/c1-5-6-7-8-16(19)24-17(20)18(21-4)23-14(3)11-15-9-10-22-12-13(15)2/h13-15,18,21-23H,5-12H2,1-4H3,(H3,19,20,24). The van der Waals surface area contributed by atoms with Crippen LogP contribution in [0.5, 0.6) is 0 Å². The van der Waals surface area contributed by atoms with Gasteiger partial charge < -0.3 is 11.1 Å². The number of likely N-dealkylation sites (N-methyl/N-ethyl adjacent to an activating group) is 1. The topological polar surface area (TPSA) is 98.3 Å². The lowest BCUT2D eigenvalue weighted by Gasteiger charge is -2.32. The molecule has 6 N–H and O–H groups in total. The molecule has 1 fully saturated rings. The third-order valence-electron chi connectivity index (χ3n) is 4.93. The fourth-order valence-electron chi connectivity index (χ4n) is 3.36. The molecule has 0 radical (unpaired) electrons. The summed E-state index contributed by atoms with van der Waals surface area (Å²) in [6.45, 7) is 8.91. The molecule has 0 spiro atoms. The van der Waals surface area contributed by atoms with Gasteiger partial charge in [0.25, 0.3) is 0 Å². The van der Waals surface area contributed by atoms with E-state index in [4.69, 9.17) is 11.1 Å². The first-order valence-electron chi connectivity index (χ1n) is 9.53. The number of amidine groups is 2. The van der Waals surface area contributed by atoms with Gasteiger partial charge in [-0.15, -0.1) is 0 Å². The van der Waals surface area contributed by atoms with Crippen LogP contribution < -0.4 is 21.7 Å². The maximum Gasteiger partial charge on any atom is 0.154 e. The molecule has 140 valence electrons. The van der Waals surface area contributed by atoms with E-state index in [0.29, 0.717) is 17.8 Å². The Morgan fingerprint density at radius 2 is 2.17 bits per heavy atom. The number of hydrogen-bond donors (Lipinski definition) is 5. The van der Waals surface area contributed by atoms with Crippen LogP contribution in [-0.2, 0) is 0 Å². The second-order valence-electron chi connectivity index (χ2n) is 7.20. The zero-order valence-electron chi connectivity index (χ0n) is 16.0. The summed E-state index contributed by atoms with van der Waals surface area (Å²) in [4.78, 5) is 4.28. The largest absolute Gasteiger partial charge is 0.387 e. The minimum Gasteiger partial charge on any atom is -0.387 e. The van der Waals surface area contributed by atoms with Crippen LogP contribution in [0.1, 0.15) is 59.3 Å². The quantitative estimate of drug-likeness (QED) is 0.182. The molecule has 0 saturated carbocycles. The molecule has 1 saturated heterocycles. The van der Waals surface area contributed by atoms with Gasteiger partial charge >= 0.3 is 0 Å². The average molecular weight is 339 g/mol. The molecule has 6 nitrogen and oxygen atoms in total. The van der Waals surface area contributed by atoms with Crippen LogP contribution in [0.25, 0.3) is 0 Å². The van der Waals surface area contributed by atoms with Crippen molar-refractivity contribution >= 4 is 11.7 Å². The molecular weight excluding hydrogens is 300 g/mol. The fourth-order valence-corrected chi connectivity index (χ4v) is 3.36. The Hall–Kier alpha value is -0.980. The van der Waals surface area contributed by atoms with Crippen LogP contribution in [0.4, 0.5) is 0 Å². The van der Waals surface area contributed by atoms with Gasteiger partial charge in [0.2, 0.25) is 0 Å². The van der Waals surface area contributed by atoms with Crippen LogP contribution in [0, 0.1) is 17.2 Å². The van der Waals surface area contributed by atoms with Crippen molar-refractivity contribution < 1.29 is 0 Å². The van der Waals surface area contributed by atoms with Gasteiger partial charge in [0.05, 0.1) is 0 Å². The number of nitrogens with one attached hydrogen (secondary N) is 4. The number of nitrogens with two attached hydrogens (primary N) is 1. The first-order chi connectivity index (χ1) is 11.5. The summed E-state index contributed by atoms with van der Waals surface area (Å²) in [5, 5.41) is 18.3. The molecule has 1 aliphatic rings. The highest BCUT2D eigenvalue weighted by atomic mass is 15.2. The van der Waals surface area contributed by atoms with Gasteiger partial charge in [0, 0.05) is 12.5 Å². The fraction of sp³-hybridized carbons (Fsp3) is 0.889. The van der Waals surface area contributed by atoms with Crippen molar-refractivity contribution in [2.24, 2.45) is 22.6 Å². The lowest BCUT2D eigenvalue weighted by atomic mass is 9.83. The Morgan fingerprint density at radius 3 is 2.79 bits per heavy atom. The van der Waals surface area contributed by atoms with E-state index < -0.39 is 0 Å². The molecule has 0 aromatic carbocycles. The predicted octanol–water partition coefficient (Wildman–Crippen LogP) is 2.06. The second kappa shape index (κ2) is 11.6. The Morgan fingerprint density at radius 1 is 1.42 bits per heavy atom. The molecule has 0 aromatic rings. The number of aliphatic imine (C=N–C) groups is 1. The molecule has 1 heterocycles. The third-order valence-corrected chi connectivity index (χ3v) is 4.93. The van der Waals surface area contributed by atoms with Crippen molar-refractivity contribution in [2.75, 3.05) is 20.1 Å². The van der Waals surface area contributed by atoms with Gasteiger partial charge in [-0.05, 0) is 58.2 Å². The molecule has 24 heavy (non-hydrogen) atoms. The molecular formula is C18H38N6. The molecule has 1 rings (SSSR count). The van der Waals surface area contributed by atoms with Crippen LogP contribution in [-0.4, -0.2) is 44.0 Å². The van der Waals surface area contributed by atoms with Crippen LogP contribution >= 0.6 is 0 Å². The molecule has 0 aliphatic carbocycles. The van der Waals surface area contributed by atoms with Crippen molar-refractivity contribution in [3.63, 3.8) is 0 Å². The minimum absolute atomic E-state index is 0.248. The summed E-state index contributed by atoms with van der Waals surface area (Å²) in [7, 11) is 1.86. The number of rotatable bonds is 10. The van der Waals surface area contributed by atoms with Gasteiger partial charge in [0.15, 0.2) is 5.84 Å². The lowest BCUT2D eigenvalue weighted by molar-refractivity contribution is 0.234. The van der Waals surface area contributed by atoms with Crippen molar-refractivity contribution in [2.45, 2.75) is 71.5 Å². The van der Waals surface area contributed by atoms with Crippen LogP contribution in [0.15, 0.2) is 4.99 Å². The molecule has 4 atom stereocenters. The third kappa shape index (κ3) is 7.73. The molecule has 4 unspecified atom stereocenters. The van der Waals surface area contributed by atoms with Crippen molar-refractivity contribution in [1.29, 1.82) is 5.41 Å². The van der Waals surface area contributed by atoms with Crippen LogP contribution in [0.3, 0.4) is 0 Å². The molecule has 6 heteroatoms. The predicted molar refractivity (Wildman–Crippen MR) is 104 cm³/mol. The molecule has 0 aromatic heterocycles. The van der Waals surface area contributed by atoms with Crippen molar-refractivity contribution in [3.05, 3.63) is 0 Å². The SMILES string of the molecule is CCCCCC(N)=NC(=N)C(NC)NC(C)CC1CCNCC1C. The van der Waals surface area contributed by atoms with Crippen molar-refractivity contribution in [1.82, 2.24) is 16.0 Å². The highest BCUT2D eigenvalue weighted by molar-refractivity contribution is 5.97. The van der Waals surface area contributed by atoms with Gasteiger partial charge in [-0.1, -0.05) is 26.7 Å². The maximum atomic E-state index is 8.21. The maximum absolute atomic E-state index is 8.21. The zero-order chi connectivity index (χ0) is 17.9. The number of unbranched alkanes of at least 4 members (excludes halogenated alkanes) is 2. The number of hydrogen-bond acceptors (Lipinski definition) is 4. The van der Waals surface area contributed by atoms with E-state index in [2.05, 4.69) is 41.7 Å². The van der Waals surface area contributed by atoms with E-state index >= 15 is 0 Å². The minimum atomic E-state index is -0.248. The second-order valence-corrected chi connectivity index (χ2v) is 7.20. The highest BCUT2D eigenvalue weighted by Crippen LogP contribution is 2.23. The van der Waals surface area contributed by atoms with E-state index in [1.54, 1.807) is 0 Å². The van der Waals surface area contributed by atoms with E-state index in [0.717, 1.165) is 51.1 Å². The van der Waals surface area contributed by atoms with Gasteiger partial charge in [-0.25, -0.2) is 4.99 Å². The average Bonchev–Trinajstić information content (AvgIpc) is 2.55. The summed E-state index contributed by atoms with van der Waals surface area (Å²) < 4.78 is 0. The van der Waals surface area contributed by atoms with E-state index in [-0.39, 0.29) is 12.0 Å². The van der Waals surface area contributed by atoms with Gasteiger partial charge in [-0.2, -0.15) is 0 Å². The molecule has 0 bridgehead atoms. The van der Waals surface area contributed by atoms with Gasteiger partial charge in [0.1, 0.15) is 12.0 Å². The first-order valence-corrected chi connectivity index (χ1v) is 9.53. The Labute approximate surface area is 148 Å². The van der Waals surface area contributed by atoms with Crippen molar-refractivity contribution in [3.8, 4) is 0 Å². The van der Waals surface area contributed by atoms with E-state index in [1.165, 1.54) is 6.42 Å². The lowest BCUT2D eigenvalue weighted by Crippen LogP contribution is -2.51. The molecule has 1 aliphatic heterocycles. The van der Waals surface area contributed by atoms with Crippen LogP contribution in [0.2, 0.25) is 0 Å². The summed E-state index contributed by atoms with van der Waals surface area (Å²) in [5.41, 5.74) is 5.95. The highest BCUT2D eigenvalue weighted by Gasteiger charge is 2.24. The smallest absolute Gasteiger partial charge is 0.154 e. The van der Waals surface area contributed by atoms with E-state index in [1.807, 2.05) is 7.05 Å². The Balaban J connectivity index is 2.46. The summed E-state index contributed by atoms with van der Waals surface area (Å²) in [6.07, 6.45) is 6.25. The summed E-state index contributed by atoms with van der Waals surface area (Å²) >= 11 is 0. The normalized spacial score (nSPS) is 24.6. The zero-order valence-corrected chi connectivity index (χ0v) is 16.0. The monoisotopic (exact) mass is 338 g/mol. The first kappa shape index (κ1) is 21.1. The summed E-state index contributed by atoms with van der Waals surface area (Å²) in [5.74, 6) is 2.29. The van der Waals surface area contributed by atoms with E-state index in [9.17, 15) is 0 Å². The molecule has 0 amide bonds. The number of piperidine rings is 1. The summed E-state index contributed by atoms with van der Waals surface area (Å²) in [6, 6.07) is 0.338. The van der Waals surface area contributed by atoms with Gasteiger partial charge in [-0.3, -0.25) is 16.0 Å². The number of nitrogens with zero attached hydrogens (tertiary/aromatic N) is 1. The Kier molecular flexibility index (Phi) is 10.1. The Bertz CT molecular complexity index is 395.